The quantitative estimate of drug-likeness (QED) is 0.707. The van der Waals surface area contributed by atoms with Crippen molar-refractivity contribution in [2.75, 3.05) is 35.9 Å². The van der Waals surface area contributed by atoms with Crippen LogP contribution in [-0.4, -0.2) is 46.1 Å². The number of anilines is 2. The minimum Gasteiger partial charge on any atom is -0.478 e. The van der Waals surface area contributed by atoms with E-state index >= 15 is 0 Å². The maximum Gasteiger partial charge on any atom is 0.337 e. The van der Waals surface area contributed by atoms with Crippen LogP contribution in [0.1, 0.15) is 10.4 Å². The van der Waals surface area contributed by atoms with Crippen LogP contribution in [0.2, 0.25) is 0 Å². The largest absolute Gasteiger partial charge is 0.478 e. The molecule has 19 heavy (non-hydrogen) atoms. The Balaban J connectivity index is 2.31. The van der Waals surface area contributed by atoms with Crippen molar-refractivity contribution >= 4 is 28.6 Å². The van der Waals surface area contributed by atoms with E-state index in [1.807, 2.05) is 4.90 Å². The number of carboxylic acids is 1. The molecule has 1 aromatic rings. The van der Waals surface area contributed by atoms with Gasteiger partial charge in [0, 0.05) is 18.8 Å². The zero-order valence-corrected chi connectivity index (χ0v) is 10.9. The molecular formula is C11H14N2O5S. The fourth-order valence-corrected chi connectivity index (χ4v) is 2.28. The Kier molecular flexibility index (Phi) is 4.35. The molecule has 1 heterocycles. The highest BCUT2D eigenvalue weighted by Gasteiger charge is 2.19. The van der Waals surface area contributed by atoms with Gasteiger partial charge < -0.3 is 14.7 Å². The first-order valence-corrected chi connectivity index (χ1v) is 6.76. The van der Waals surface area contributed by atoms with Gasteiger partial charge in [-0.2, -0.15) is 0 Å². The van der Waals surface area contributed by atoms with Crippen molar-refractivity contribution in [2.45, 2.75) is 0 Å². The van der Waals surface area contributed by atoms with E-state index in [0.717, 1.165) is 0 Å². The second-order valence-electron chi connectivity index (χ2n) is 3.99. The number of nitrogens with zero attached hydrogens (tertiary/aromatic N) is 1. The molecule has 1 saturated heterocycles. The van der Waals surface area contributed by atoms with Gasteiger partial charge in [-0.05, 0) is 18.2 Å². The first-order valence-electron chi connectivity index (χ1n) is 5.65. The molecule has 1 atom stereocenters. The topological polar surface area (TPSA) is 99.1 Å². The van der Waals surface area contributed by atoms with E-state index in [-0.39, 0.29) is 11.3 Å². The number of aromatic carboxylic acids is 1. The molecule has 0 aliphatic carbocycles. The zero-order chi connectivity index (χ0) is 13.8. The highest BCUT2D eigenvalue weighted by Crippen LogP contribution is 2.25. The summed E-state index contributed by atoms with van der Waals surface area (Å²) in [6.07, 6.45) is 0. The second kappa shape index (κ2) is 6.00. The lowest BCUT2D eigenvalue weighted by Crippen LogP contribution is -2.37. The van der Waals surface area contributed by atoms with Gasteiger partial charge in [-0.15, -0.1) is 0 Å². The minimum absolute atomic E-state index is 0.0948. The van der Waals surface area contributed by atoms with Crippen molar-refractivity contribution in [2.24, 2.45) is 0 Å². The molecule has 1 aliphatic heterocycles. The highest BCUT2D eigenvalue weighted by atomic mass is 32.2. The molecule has 1 unspecified atom stereocenters. The average molecular weight is 286 g/mol. The van der Waals surface area contributed by atoms with E-state index < -0.39 is 17.2 Å². The van der Waals surface area contributed by atoms with E-state index in [1.54, 1.807) is 12.1 Å². The fraction of sp³-hybridized carbons (Fsp3) is 0.364. The van der Waals surface area contributed by atoms with Gasteiger partial charge in [-0.3, -0.25) is 9.27 Å². The highest BCUT2D eigenvalue weighted by molar-refractivity contribution is 7.80. The first kappa shape index (κ1) is 13.8. The van der Waals surface area contributed by atoms with Crippen LogP contribution in [0.5, 0.6) is 0 Å². The Bertz CT molecular complexity index is 502. The van der Waals surface area contributed by atoms with Crippen LogP contribution in [0.4, 0.5) is 11.4 Å². The van der Waals surface area contributed by atoms with Crippen molar-refractivity contribution in [3.63, 3.8) is 0 Å². The van der Waals surface area contributed by atoms with Crippen LogP contribution in [-0.2, 0) is 16.0 Å². The van der Waals surface area contributed by atoms with Crippen molar-refractivity contribution in [3.8, 4) is 0 Å². The van der Waals surface area contributed by atoms with Gasteiger partial charge >= 0.3 is 5.97 Å². The maximum absolute atomic E-state index is 11.3. The van der Waals surface area contributed by atoms with Crippen molar-refractivity contribution < 1.29 is 23.4 Å². The average Bonchev–Trinajstić information content (AvgIpc) is 2.39. The molecule has 1 fully saturated rings. The third-order valence-electron chi connectivity index (χ3n) is 2.78. The van der Waals surface area contributed by atoms with Gasteiger partial charge in [0.05, 0.1) is 24.5 Å². The third-order valence-corrected chi connectivity index (χ3v) is 3.19. The molecular weight excluding hydrogens is 272 g/mol. The summed E-state index contributed by atoms with van der Waals surface area (Å²) in [6.45, 7) is 2.36. The van der Waals surface area contributed by atoms with Crippen LogP contribution < -0.4 is 9.62 Å². The Morgan fingerprint density at radius 1 is 1.37 bits per heavy atom. The van der Waals surface area contributed by atoms with Gasteiger partial charge in [-0.1, -0.05) is 0 Å². The number of morpholine rings is 1. The molecule has 3 N–H and O–H groups in total. The summed E-state index contributed by atoms with van der Waals surface area (Å²) in [7, 11) is 0. The van der Waals surface area contributed by atoms with Gasteiger partial charge in [0.2, 0.25) is 0 Å². The molecule has 0 saturated carbocycles. The maximum atomic E-state index is 11.3. The lowest BCUT2D eigenvalue weighted by Gasteiger charge is -2.30. The van der Waals surface area contributed by atoms with Gasteiger partial charge in [0.15, 0.2) is 0 Å². The van der Waals surface area contributed by atoms with Crippen LogP contribution in [0.25, 0.3) is 0 Å². The van der Waals surface area contributed by atoms with E-state index in [4.69, 9.17) is 9.29 Å². The van der Waals surface area contributed by atoms with Crippen LogP contribution in [0.15, 0.2) is 18.2 Å². The van der Waals surface area contributed by atoms with E-state index in [0.29, 0.717) is 32.0 Å². The van der Waals surface area contributed by atoms with Crippen LogP contribution in [0, 0.1) is 0 Å². The van der Waals surface area contributed by atoms with E-state index in [1.165, 1.54) is 6.07 Å². The number of benzene rings is 1. The number of rotatable bonds is 4. The predicted molar refractivity (Wildman–Crippen MR) is 70.8 cm³/mol. The monoisotopic (exact) mass is 286 g/mol. The molecule has 2 rings (SSSR count). The number of carboxylic acid groups (broad SMARTS) is 1. The smallest absolute Gasteiger partial charge is 0.337 e. The molecule has 0 amide bonds. The van der Waals surface area contributed by atoms with E-state index in [2.05, 4.69) is 4.72 Å². The first-order chi connectivity index (χ1) is 9.08. The summed E-state index contributed by atoms with van der Waals surface area (Å²) in [6, 6.07) is 4.55. The number of hydrogen-bond donors (Lipinski definition) is 3. The number of hydrogen-bond acceptors (Lipinski definition) is 4. The third kappa shape index (κ3) is 3.43. The Hall–Kier alpha value is -1.64. The Morgan fingerprint density at radius 3 is 2.63 bits per heavy atom. The molecule has 1 aliphatic rings. The number of carbonyl (C=O) groups is 1. The number of ether oxygens (including phenoxy) is 1. The zero-order valence-electron chi connectivity index (χ0n) is 10.0. The molecule has 104 valence electrons. The molecule has 0 radical (unpaired) electrons. The SMILES string of the molecule is O=C(O)c1cc(NS(=O)O)ccc1N1CCOCC1. The van der Waals surface area contributed by atoms with Crippen molar-refractivity contribution in [1.82, 2.24) is 0 Å². The fourth-order valence-electron chi connectivity index (χ4n) is 1.95. The molecule has 0 aromatic heterocycles. The molecule has 0 spiro atoms. The Morgan fingerprint density at radius 2 is 2.05 bits per heavy atom. The molecule has 7 nitrogen and oxygen atoms in total. The van der Waals surface area contributed by atoms with Crippen molar-refractivity contribution in [1.29, 1.82) is 0 Å². The summed E-state index contributed by atoms with van der Waals surface area (Å²) < 4.78 is 26.9. The summed E-state index contributed by atoms with van der Waals surface area (Å²) in [5.41, 5.74) is 0.970. The summed E-state index contributed by atoms with van der Waals surface area (Å²) in [5, 5.41) is 9.23. The standard InChI is InChI=1S/C11H14N2O5S/c14-11(15)9-7-8(12-19(16)17)1-2-10(9)13-3-5-18-6-4-13/h1-2,7,12H,3-6H2,(H,14,15)(H,16,17). The van der Waals surface area contributed by atoms with Crippen LogP contribution in [0.3, 0.4) is 0 Å². The Labute approximate surface area is 112 Å². The molecule has 1 aromatic carbocycles. The van der Waals surface area contributed by atoms with Crippen LogP contribution >= 0.6 is 0 Å². The van der Waals surface area contributed by atoms with Gasteiger partial charge in [-0.25, -0.2) is 9.00 Å². The summed E-state index contributed by atoms with van der Waals surface area (Å²) in [4.78, 5) is 13.2. The predicted octanol–water partition coefficient (Wildman–Crippen LogP) is 0.770. The minimum atomic E-state index is -2.23. The summed E-state index contributed by atoms with van der Waals surface area (Å²) in [5.74, 6) is -1.08. The lowest BCUT2D eigenvalue weighted by molar-refractivity contribution is 0.0696. The molecule has 0 bridgehead atoms. The summed E-state index contributed by atoms with van der Waals surface area (Å²) >= 11 is -2.23. The van der Waals surface area contributed by atoms with Gasteiger partial charge in [0.1, 0.15) is 0 Å². The lowest BCUT2D eigenvalue weighted by atomic mass is 10.1. The second-order valence-corrected chi connectivity index (χ2v) is 4.69. The van der Waals surface area contributed by atoms with E-state index in [9.17, 15) is 14.1 Å². The van der Waals surface area contributed by atoms with Crippen molar-refractivity contribution in [3.05, 3.63) is 23.8 Å². The normalized spacial score (nSPS) is 17.0. The number of nitrogens with one attached hydrogen (secondary N) is 1. The van der Waals surface area contributed by atoms with Gasteiger partial charge in [0.25, 0.3) is 11.3 Å². The molecule has 8 heteroatoms.